The van der Waals surface area contributed by atoms with Crippen molar-refractivity contribution >= 4 is 35.1 Å². The molecule has 52 heavy (non-hydrogen) atoms. The summed E-state index contributed by atoms with van der Waals surface area (Å²) in [6.45, 7) is 18.9. The van der Waals surface area contributed by atoms with Crippen molar-refractivity contribution in [3.8, 4) is 22.3 Å². The maximum atomic E-state index is 8.89. The van der Waals surface area contributed by atoms with Gasteiger partial charge in [0, 0.05) is 0 Å². The van der Waals surface area contributed by atoms with Crippen LogP contribution in [-0.2, 0) is 15.6 Å². The van der Waals surface area contributed by atoms with Gasteiger partial charge in [-0.25, -0.2) is 0 Å². The van der Waals surface area contributed by atoms with E-state index in [2.05, 4.69) is 152 Å². The van der Waals surface area contributed by atoms with Crippen LogP contribution in [0.5, 0.6) is 0 Å². The summed E-state index contributed by atoms with van der Waals surface area (Å²) in [6, 6.07) is 32.7. The zero-order valence-corrected chi connectivity index (χ0v) is 37.9. The molecule has 0 radical (unpaired) electrons. The average Bonchev–Trinajstić information content (AvgIpc) is 3.75. The second-order valence-electron chi connectivity index (χ2n) is 17.2. The molecule has 4 aromatic carbocycles. The molecule has 3 aliphatic carbocycles. The molecule has 0 heterocycles. The SMILES string of the molecule is CCC1=Cc2c(-c3ccc(C(C)CC)cc3)cccc2[CH]1[Zr]([Cl])([Cl])([CH]1C(C2CCC(C)CC2)=Cc2c(-c3ccc(C(C)C)cc3)cccc21)[SiH](C)C. The Labute approximate surface area is 323 Å². The Morgan fingerprint density at radius 1 is 0.673 bits per heavy atom. The van der Waals surface area contributed by atoms with Gasteiger partial charge < -0.3 is 0 Å². The minimum absolute atomic E-state index is 0.117. The second kappa shape index (κ2) is 14.9. The van der Waals surface area contributed by atoms with Gasteiger partial charge >= 0.3 is 326 Å². The van der Waals surface area contributed by atoms with Gasteiger partial charge in [0.05, 0.1) is 0 Å². The van der Waals surface area contributed by atoms with E-state index in [1.165, 1.54) is 86.9 Å². The van der Waals surface area contributed by atoms with Crippen LogP contribution in [0.25, 0.3) is 34.4 Å². The van der Waals surface area contributed by atoms with E-state index in [1.807, 2.05) is 0 Å². The van der Waals surface area contributed by atoms with Crippen LogP contribution in [0.4, 0.5) is 0 Å². The number of hydrogen-bond acceptors (Lipinski definition) is 0. The summed E-state index contributed by atoms with van der Waals surface area (Å²) in [5, 5.41) is 0. The number of hydrogen-bond donors (Lipinski definition) is 0. The first kappa shape index (κ1) is 38.3. The van der Waals surface area contributed by atoms with E-state index in [9.17, 15) is 0 Å². The fourth-order valence-electron chi connectivity index (χ4n) is 10.0. The Hall–Kier alpha value is -1.96. The van der Waals surface area contributed by atoms with Crippen LogP contribution in [0.3, 0.4) is 0 Å². The van der Waals surface area contributed by atoms with Gasteiger partial charge in [0.1, 0.15) is 0 Å². The van der Waals surface area contributed by atoms with Crippen LogP contribution in [-0.4, -0.2) is 5.92 Å². The molecule has 0 amide bonds. The number of benzene rings is 4. The molecule has 3 atom stereocenters. The Balaban J connectivity index is 1.41. The zero-order chi connectivity index (χ0) is 37.0. The molecule has 273 valence electrons. The Morgan fingerprint density at radius 2 is 1.19 bits per heavy atom. The van der Waals surface area contributed by atoms with Crippen molar-refractivity contribution < 1.29 is 15.6 Å². The molecule has 0 N–H and O–H groups in total. The second-order valence-corrected chi connectivity index (χ2v) is 59.8. The van der Waals surface area contributed by atoms with Crippen molar-refractivity contribution in [1.82, 2.24) is 0 Å². The molecule has 4 aromatic rings. The van der Waals surface area contributed by atoms with Crippen LogP contribution < -0.4 is 0 Å². The molecule has 4 heteroatoms. The van der Waals surface area contributed by atoms with Crippen molar-refractivity contribution in [1.29, 1.82) is 0 Å². The van der Waals surface area contributed by atoms with E-state index < -0.39 is 21.5 Å². The zero-order valence-electron chi connectivity index (χ0n) is 32.8. The molecular weight excluding hydrogens is 767 g/mol. The van der Waals surface area contributed by atoms with Crippen molar-refractivity contribution in [2.24, 2.45) is 11.8 Å². The van der Waals surface area contributed by atoms with Gasteiger partial charge in [-0.05, 0) is 0 Å². The number of fused-ring (bicyclic) bond motifs is 2. The van der Waals surface area contributed by atoms with E-state index >= 15 is 0 Å². The van der Waals surface area contributed by atoms with Gasteiger partial charge in [-0.2, -0.15) is 0 Å². The van der Waals surface area contributed by atoms with Crippen LogP contribution in [0.1, 0.15) is 133 Å². The molecule has 0 nitrogen and oxygen atoms in total. The molecular formula is C48H59Cl2SiZr. The van der Waals surface area contributed by atoms with Crippen LogP contribution >= 0.6 is 17.0 Å². The summed E-state index contributed by atoms with van der Waals surface area (Å²) in [4.78, 5) is 0. The standard InChI is InChI=1S/C25H29.C21H23.C2H7Si.2ClH.Zr/c1-17(2)19-11-13-21(14-12-19)24-6-4-5-22-15-23(16-25(22)24)20-9-7-18(3)8-10-20;1-4-15(3)17-9-11-18(12-10-17)20-8-6-7-19-13-16(5-2)14-21(19)20;1-3-2;;;/h4-6,11-18,20H,7-10H2,1-3H3;6-15H,4-5H2,1-3H3;3H,1-2H3;2*1H;/q;;;;;+2/p-2. The molecule has 0 aromatic heterocycles. The van der Waals surface area contributed by atoms with E-state index in [1.54, 1.807) is 5.57 Å². The molecule has 1 fully saturated rings. The van der Waals surface area contributed by atoms with E-state index in [-0.39, 0.29) is 7.25 Å². The van der Waals surface area contributed by atoms with Gasteiger partial charge in [0.15, 0.2) is 0 Å². The van der Waals surface area contributed by atoms with E-state index in [0.29, 0.717) is 17.8 Å². The summed E-state index contributed by atoms with van der Waals surface area (Å²) in [7, 11) is 17.8. The summed E-state index contributed by atoms with van der Waals surface area (Å²) in [5.41, 5.74) is 16.6. The molecule has 0 spiro atoms. The minimum atomic E-state index is -4.90. The Bertz CT molecular complexity index is 1990. The number of allylic oxidation sites excluding steroid dienone is 2. The van der Waals surface area contributed by atoms with Crippen molar-refractivity contribution in [2.45, 2.75) is 112 Å². The third kappa shape index (κ3) is 6.48. The van der Waals surface area contributed by atoms with Crippen molar-refractivity contribution in [3.05, 3.63) is 129 Å². The molecule has 3 unspecified atom stereocenters. The van der Waals surface area contributed by atoms with Gasteiger partial charge in [-0.1, -0.05) is 0 Å². The first-order valence-electron chi connectivity index (χ1n) is 20.3. The van der Waals surface area contributed by atoms with Gasteiger partial charge in [0.2, 0.25) is 0 Å². The molecule has 0 saturated heterocycles. The monoisotopic (exact) mass is 823 g/mol. The Morgan fingerprint density at radius 3 is 1.69 bits per heavy atom. The molecule has 1 saturated carbocycles. The van der Waals surface area contributed by atoms with Crippen molar-refractivity contribution in [2.75, 3.05) is 0 Å². The average molecular weight is 826 g/mol. The summed E-state index contributed by atoms with van der Waals surface area (Å²) in [6.07, 6.45) is 12.3. The first-order chi connectivity index (χ1) is 24.9. The Kier molecular flexibility index (Phi) is 11.0. The van der Waals surface area contributed by atoms with Crippen LogP contribution in [0.15, 0.2) is 96.1 Å². The predicted octanol–water partition coefficient (Wildman–Crippen LogP) is 15.5. The fraction of sp³-hybridized carbons (Fsp3) is 0.417. The van der Waals surface area contributed by atoms with E-state index in [4.69, 9.17) is 17.0 Å². The molecule has 0 bridgehead atoms. The number of rotatable bonds is 10. The van der Waals surface area contributed by atoms with Gasteiger partial charge in [0.25, 0.3) is 0 Å². The predicted molar refractivity (Wildman–Crippen MR) is 230 cm³/mol. The topological polar surface area (TPSA) is 0 Å². The third-order valence-electron chi connectivity index (χ3n) is 13.6. The van der Waals surface area contributed by atoms with Crippen LogP contribution in [0, 0.1) is 11.8 Å². The quantitative estimate of drug-likeness (QED) is 0.140. The number of halogens is 2. The molecule has 7 rings (SSSR count). The summed E-state index contributed by atoms with van der Waals surface area (Å²) < 4.78 is 0.246. The summed E-state index contributed by atoms with van der Waals surface area (Å²) >= 11 is -4.90. The van der Waals surface area contributed by atoms with Gasteiger partial charge in [-0.15, -0.1) is 0 Å². The summed E-state index contributed by atoms with van der Waals surface area (Å²) in [5.74, 6) is 0.742. The normalized spacial score (nSPS) is 22.8. The first-order valence-corrected chi connectivity index (χ1v) is 36.6. The van der Waals surface area contributed by atoms with Crippen molar-refractivity contribution in [3.63, 3.8) is 0 Å². The van der Waals surface area contributed by atoms with Gasteiger partial charge in [-0.3, -0.25) is 0 Å². The molecule has 3 aliphatic rings. The van der Waals surface area contributed by atoms with E-state index in [0.717, 1.165) is 18.8 Å². The molecule has 0 aliphatic heterocycles. The maximum absolute atomic E-state index is 8.89. The van der Waals surface area contributed by atoms with Crippen LogP contribution in [0.2, 0.25) is 13.1 Å². The third-order valence-corrected chi connectivity index (χ3v) is 65.4. The fourth-order valence-corrected chi connectivity index (χ4v) is 41.4.